The molecule has 0 N–H and O–H groups in total. The number of hydrogen-bond acceptors (Lipinski definition) is 4. The molecule has 2 aliphatic carbocycles. The minimum atomic E-state index is -0.845. The van der Waals surface area contributed by atoms with Gasteiger partial charge in [0.1, 0.15) is 11.6 Å². The molecule has 0 spiro atoms. The fourth-order valence-corrected chi connectivity index (χ4v) is 8.31. The zero-order valence-corrected chi connectivity index (χ0v) is 27.6. The van der Waals surface area contributed by atoms with E-state index >= 15 is 0 Å². The van der Waals surface area contributed by atoms with Crippen LogP contribution in [0.2, 0.25) is 0 Å². The molecule has 3 fully saturated rings. The van der Waals surface area contributed by atoms with Gasteiger partial charge >= 0.3 is 7.12 Å². The lowest BCUT2D eigenvalue weighted by atomic mass is 9.77. The Morgan fingerprint density at radius 1 is 0.553 bits per heavy atom. The summed E-state index contributed by atoms with van der Waals surface area (Å²) in [4.78, 5) is 0. The minimum absolute atomic E-state index is 0.119. The Bertz CT molecular complexity index is 1350. The molecule has 0 bridgehead atoms. The second-order valence-corrected chi connectivity index (χ2v) is 13.8. The van der Waals surface area contributed by atoms with Gasteiger partial charge in [0.25, 0.3) is 0 Å². The number of benzene rings is 4. The van der Waals surface area contributed by atoms with Crippen LogP contribution in [0.15, 0.2) is 121 Å². The Labute approximate surface area is 282 Å². The van der Waals surface area contributed by atoms with Crippen molar-refractivity contribution in [3.8, 4) is 0 Å². The predicted molar refractivity (Wildman–Crippen MR) is 189 cm³/mol. The summed E-state index contributed by atoms with van der Waals surface area (Å²) in [5.74, 6) is 1.10. The van der Waals surface area contributed by atoms with E-state index in [1.807, 2.05) is 6.07 Å². The molecule has 1 heterocycles. The van der Waals surface area contributed by atoms with Gasteiger partial charge in [0, 0.05) is 0 Å². The summed E-state index contributed by atoms with van der Waals surface area (Å²) in [6.45, 7) is 0.778. The van der Waals surface area contributed by atoms with Crippen molar-refractivity contribution in [3.63, 3.8) is 0 Å². The van der Waals surface area contributed by atoms with Crippen LogP contribution in [0.4, 0.5) is 0 Å². The van der Waals surface area contributed by atoms with Gasteiger partial charge in [0.15, 0.2) is 0 Å². The van der Waals surface area contributed by atoms with Gasteiger partial charge in [0.2, 0.25) is 0 Å². The minimum Gasteiger partial charge on any atom is -0.404 e. The summed E-state index contributed by atoms with van der Waals surface area (Å²) in [5, 5.41) is 0. The van der Waals surface area contributed by atoms with E-state index in [-0.39, 0.29) is 12.2 Å². The van der Waals surface area contributed by atoms with E-state index in [0.29, 0.717) is 25.0 Å². The third-order valence-corrected chi connectivity index (χ3v) is 10.8. The van der Waals surface area contributed by atoms with E-state index in [4.69, 9.17) is 18.8 Å². The van der Waals surface area contributed by atoms with Crippen LogP contribution in [0, 0.1) is 11.8 Å². The number of ether oxygens (including phenoxy) is 2. The molecular formula is C42H49BO4. The van der Waals surface area contributed by atoms with E-state index in [0.717, 1.165) is 22.3 Å². The fourth-order valence-electron chi connectivity index (χ4n) is 8.31. The first kappa shape index (κ1) is 32.3. The maximum absolute atomic E-state index is 7.33. The van der Waals surface area contributed by atoms with Crippen LogP contribution in [0.3, 0.4) is 0 Å². The Balaban J connectivity index is 1.23. The highest BCUT2D eigenvalue weighted by molar-refractivity contribution is 6.47. The molecule has 0 radical (unpaired) electrons. The zero-order valence-electron chi connectivity index (χ0n) is 27.6. The summed E-state index contributed by atoms with van der Waals surface area (Å²) in [6, 6.07) is 41.7. The van der Waals surface area contributed by atoms with Crippen LogP contribution in [-0.4, -0.2) is 31.9 Å². The van der Waals surface area contributed by atoms with Crippen molar-refractivity contribution in [1.82, 2.24) is 0 Å². The molecule has 7 rings (SSSR count). The molecule has 4 nitrogen and oxygen atoms in total. The molecule has 4 aromatic carbocycles. The first-order valence-electron chi connectivity index (χ1n) is 18.1. The van der Waals surface area contributed by atoms with Crippen molar-refractivity contribution in [2.75, 3.05) is 6.61 Å². The average Bonchev–Trinajstić information content (AvgIpc) is 3.61. The third-order valence-electron chi connectivity index (χ3n) is 10.8. The first-order valence-corrected chi connectivity index (χ1v) is 18.1. The molecular weight excluding hydrogens is 579 g/mol. The van der Waals surface area contributed by atoms with Crippen LogP contribution in [0.25, 0.3) is 0 Å². The van der Waals surface area contributed by atoms with Gasteiger partial charge < -0.3 is 18.8 Å². The van der Waals surface area contributed by atoms with E-state index in [1.165, 1.54) is 64.2 Å². The lowest BCUT2D eigenvalue weighted by Crippen LogP contribution is -2.44. The summed E-state index contributed by atoms with van der Waals surface area (Å²) >= 11 is 0. The Kier molecular flexibility index (Phi) is 10.9. The number of hydrogen-bond donors (Lipinski definition) is 0. The topological polar surface area (TPSA) is 36.9 Å². The van der Waals surface area contributed by atoms with Crippen molar-refractivity contribution in [2.45, 2.75) is 94.6 Å². The highest BCUT2D eigenvalue weighted by Crippen LogP contribution is 2.43. The molecule has 0 amide bonds. The summed E-state index contributed by atoms with van der Waals surface area (Å²) < 4.78 is 28.3. The molecule has 1 saturated heterocycles. The van der Waals surface area contributed by atoms with Crippen molar-refractivity contribution in [3.05, 3.63) is 144 Å². The van der Waals surface area contributed by atoms with Crippen LogP contribution >= 0.6 is 0 Å². The highest BCUT2D eigenvalue weighted by Gasteiger charge is 2.51. The summed E-state index contributed by atoms with van der Waals surface area (Å²) in [6.07, 6.45) is 13.0. The molecule has 3 atom stereocenters. The maximum Gasteiger partial charge on any atom is 0.491 e. The molecule has 3 aliphatic rings. The molecule has 2 saturated carbocycles. The molecule has 1 aliphatic heterocycles. The third kappa shape index (κ3) is 7.44. The second kappa shape index (κ2) is 15.8. The van der Waals surface area contributed by atoms with Gasteiger partial charge in [-0.2, -0.15) is 0 Å². The SMILES string of the molecule is c1ccc(CO[C@@H](COC(c2ccccc2)(c2ccccc2)c2ccccc2)B2O[C@H](C3CCCCC3)[C@@H](C3CCCCC3)O2)cc1. The summed E-state index contributed by atoms with van der Waals surface area (Å²) in [5.41, 5.74) is 3.51. The van der Waals surface area contributed by atoms with E-state index in [1.54, 1.807) is 0 Å². The van der Waals surface area contributed by atoms with Crippen LogP contribution in [0.1, 0.15) is 86.5 Å². The fraction of sp³-hybridized carbons (Fsp3) is 0.429. The summed E-state index contributed by atoms with van der Waals surface area (Å²) in [7, 11) is -0.488. The highest BCUT2D eigenvalue weighted by atomic mass is 16.7. The molecule has 0 unspecified atom stereocenters. The van der Waals surface area contributed by atoms with Gasteiger partial charge in [-0.25, -0.2) is 0 Å². The predicted octanol–water partition coefficient (Wildman–Crippen LogP) is 9.55. The molecule has 5 heteroatoms. The first-order chi connectivity index (χ1) is 23.3. The van der Waals surface area contributed by atoms with Gasteiger partial charge in [-0.05, 0) is 59.8 Å². The smallest absolute Gasteiger partial charge is 0.404 e. The van der Waals surface area contributed by atoms with Crippen molar-refractivity contribution in [2.24, 2.45) is 11.8 Å². The van der Waals surface area contributed by atoms with Gasteiger partial charge in [0.05, 0.1) is 25.4 Å². The Hall–Kier alpha value is -3.22. The maximum atomic E-state index is 7.33. The van der Waals surface area contributed by atoms with E-state index in [2.05, 4.69) is 115 Å². The standard InChI is InChI=1S/C42H49BO4/c1-7-19-33(20-8-1)31-44-39(43-46-40(34-21-9-2-10-22-34)41(47-43)35-23-11-3-12-24-35)32-45-42(36-25-13-4-14-26-36,37-27-15-5-16-28-37)38-29-17-6-18-30-38/h1,4-8,13-20,25-30,34-35,39-41H,2-3,9-12,21-24,31-32H2/t39-,40+,41+/m0/s1. The van der Waals surface area contributed by atoms with Crippen molar-refractivity contribution < 1.29 is 18.8 Å². The van der Waals surface area contributed by atoms with Gasteiger partial charge in [-0.1, -0.05) is 160 Å². The van der Waals surface area contributed by atoms with Gasteiger partial charge in [-0.15, -0.1) is 0 Å². The largest absolute Gasteiger partial charge is 0.491 e. The quantitative estimate of drug-likeness (QED) is 0.116. The van der Waals surface area contributed by atoms with Crippen LogP contribution in [0.5, 0.6) is 0 Å². The average molecular weight is 629 g/mol. The zero-order chi connectivity index (χ0) is 31.7. The number of rotatable bonds is 12. The lowest BCUT2D eigenvalue weighted by molar-refractivity contribution is -0.0532. The van der Waals surface area contributed by atoms with E-state index < -0.39 is 18.7 Å². The molecule has 47 heavy (non-hydrogen) atoms. The molecule has 244 valence electrons. The Morgan fingerprint density at radius 3 is 1.38 bits per heavy atom. The van der Waals surface area contributed by atoms with Crippen LogP contribution < -0.4 is 0 Å². The van der Waals surface area contributed by atoms with Crippen molar-refractivity contribution in [1.29, 1.82) is 0 Å². The van der Waals surface area contributed by atoms with Crippen molar-refractivity contribution >= 4 is 7.12 Å². The Morgan fingerprint density at radius 2 is 0.957 bits per heavy atom. The van der Waals surface area contributed by atoms with Gasteiger partial charge in [-0.3, -0.25) is 0 Å². The molecule has 4 aromatic rings. The lowest BCUT2D eigenvalue weighted by Gasteiger charge is -2.37. The monoisotopic (exact) mass is 628 g/mol. The van der Waals surface area contributed by atoms with E-state index in [9.17, 15) is 0 Å². The normalized spacial score (nSPS) is 21.9. The second-order valence-electron chi connectivity index (χ2n) is 13.8. The molecule has 0 aromatic heterocycles. The van der Waals surface area contributed by atoms with Crippen LogP contribution in [-0.2, 0) is 31.0 Å².